The summed E-state index contributed by atoms with van der Waals surface area (Å²) in [5, 5.41) is 0. The molecule has 8 heavy (non-hydrogen) atoms. The Balaban J connectivity index is 3.83. The minimum Gasteiger partial charge on any atom is -0.119 e. The SMILES string of the molecule is C#CC(Br)(CC)CC. The zero-order chi connectivity index (χ0) is 6.62. The summed E-state index contributed by atoms with van der Waals surface area (Å²) in [7, 11) is 0. The van der Waals surface area contributed by atoms with Crippen LogP contribution in [0.25, 0.3) is 0 Å². The molecule has 0 aromatic rings. The van der Waals surface area contributed by atoms with Crippen molar-refractivity contribution in [2.75, 3.05) is 0 Å². The van der Waals surface area contributed by atoms with E-state index in [0.29, 0.717) is 0 Å². The molecule has 0 rings (SSSR count). The number of rotatable bonds is 2. The van der Waals surface area contributed by atoms with E-state index in [-0.39, 0.29) is 4.32 Å². The zero-order valence-corrected chi connectivity index (χ0v) is 6.96. The Morgan fingerprint density at radius 2 is 1.88 bits per heavy atom. The van der Waals surface area contributed by atoms with Crippen molar-refractivity contribution in [3.63, 3.8) is 0 Å². The van der Waals surface area contributed by atoms with Crippen LogP contribution >= 0.6 is 15.9 Å². The summed E-state index contributed by atoms with van der Waals surface area (Å²) in [5.41, 5.74) is 0. The normalized spacial score (nSPS) is 10.8. The van der Waals surface area contributed by atoms with Gasteiger partial charge in [-0.2, -0.15) is 0 Å². The molecule has 0 amide bonds. The smallest absolute Gasteiger partial charge is 0.0854 e. The summed E-state index contributed by atoms with van der Waals surface area (Å²) >= 11 is 3.45. The van der Waals surface area contributed by atoms with E-state index in [9.17, 15) is 0 Å². The fourth-order valence-electron chi connectivity index (χ4n) is 0.454. The maximum Gasteiger partial charge on any atom is 0.0854 e. The first-order valence-corrected chi connectivity index (χ1v) is 3.64. The topological polar surface area (TPSA) is 0 Å². The highest BCUT2D eigenvalue weighted by atomic mass is 79.9. The van der Waals surface area contributed by atoms with Crippen LogP contribution < -0.4 is 0 Å². The zero-order valence-electron chi connectivity index (χ0n) is 5.37. The lowest BCUT2D eigenvalue weighted by Crippen LogP contribution is -2.13. The van der Waals surface area contributed by atoms with Gasteiger partial charge in [0.1, 0.15) is 0 Å². The fraction of sp³-hybridized carbons (Fsp3) is 0.714. The van der Waals surface area contributed by atoms with Gasteiger partial charge in [-0.05, 0) is 12.8 Å². The lowest BCUT2D eigenvalue weighted by Gasteiger charge is -2.15. The molecule has 0 nitrogen and oxygen atoms in total. The van der Waals surface area contributed by atoms with Crippen LogP contribution in [0.3, 0.4) is 0 Å². The Bertz CT molecular complexity index is 95.4. The summed E-state index contributed by atoms with van der Waals surface area (Å²) < 4.78 is -0.0347. The van der Waals surface area contributed by atoms with Crippen LogP contribution in [0.15, 0.2) is 0 Å². The average Bonchev–Trinajstić information content (AvgIpc) is 1.87. The number of terminal acetylenes is 1. The van der Waals surface area contributed by atoms with Crippen LogP contribution in [0.4, 0.5) is 0 Å². The van der Waals surface area contributed by atoms with Crippen LogP contribution in [0, 0.1) is 12.3 Å². The van der Waals surface area contributed by atoms with Gasteiger partial charge < -0.3 is 0 Å². The van der Waals surface area contributed by atoms with Gasteiger partial charge in [-0.15, -0.1) is 6.42 Å². The van der Waals surface area contributed by atoms with Gasteiger partial charge in [-0.25, -0.2) is 0 Å². The molecular weight excluding hydrogens is 164 g/mol. The van der Waals surface area contributed by atoms with Crippen molar-refractivity contribution in [2.45, 2.75) is 31.0 Å². The molecule has 0 aliphatic heterocycles. The molecule has 0 radical (unpaired) electrons. The van der Waals surface area contributed by atoms with Gasteiger partial charge in [0.2, 0.25) is 0 Å². The quantitative estimate of drug-likeness (QED) is 0.447. The van der Waals surface area contributed by atoms with Crippen molar-refractivity contribution in [1.82, 2.24) is 0 Å². The highest BCUT2D eigenvalue weighted by Crippen LogP contribution is 2.24. The van der Waals surface area contributed by atoms with Crippen molar-refractivity contribution in [2.24, 2.45) is 0 Å². The predicted octanol–water partition coefficient (Wildman–Crippen LogP) is 2.57. The van der Waals surface area contributed by atoms with Crippen molar-refractivity contribution in [1.29, 1.82) is 0 Å². The van der Waals surface area contributed by atoms with Crippen molar-refractivity contribution in [3.8, 4) is 12.3 Å². The Labute approximate surface area is 59.8 Å². The largest absolute Gasteiger partial charge is 0.119 e. The molecule has 0 spiro atoms. The van der Waals surface area contributed by atoms with Crippen molar-refractivity contribution >= 4 is 15.9 Å². The minimum atomic E-state index is -0.0347. The summed E-state index contributed by atoms with van der Waals surface area (Å²) in [5.74, 6) is 2.69. The van der Waals surface area contributed by atoms with E-state index in [1.165, 1.54) is 0 Å². The molecule has 0 heterocycles. The third-order valence-corrected chi connectivity index (χ3v) is 2.73. The third kappa shape index (κ3) is 1.88. The van der Waals surface area contributed by atoms with Crippen LogP contribution in [0.1, 0.15) is 26.7 Å². The van der Waals surface area contributed by atoms with E-state index in [1.807, 2.05) is 0 Å². The molecule has 0 saturated carbocycles. The van der Waals surface area contributed by atoms with Crippen LogP contribution in [0.5, 0.6) is 0 Å². The molecule has 46 valence electrons. The Kier molecular flexibility index (Phi) is 3.16. The van der Waals surface area contributed by atoms with Crippen molar-refractivity contribution < 1.29 is 0 Å². The second-order valence-electron chi connectivity index (χ2n) is 1.82. The maximum atomic E-state index is 5.23. The molecule has 0 fully saturated rings. The van der Waals surface area contributed by atoms with Crippen LogP contribution in [-0.2, 0) is 0 Å². The molecule has 0 aromatic carbocycles. The average molecular weight is 175 g/mol. The first-order chi connectivity index (χ1) is 3.68. The summed E-state index contributed by atoms with van der Waals surface area (Å²) in [4.78, 5) is 0. The van der Waals surface area contributed by atoms with Gasteiger partial charge in [0.15, 0.2) is 0 Å². The monoisotopic (exact) mass is 174 g/mol. The molecule has 0 aromatic heterocycles. The standard InChI is InChI=1S/C7H11Br/c1-4-7(8,5-2)6-3/h1H,5-6H2,2-3H3. The summed E-state index contributed by atoms with van der Waals surface area (Å²) in [6.07, 6.45) is 7.23. The van der Waals surface area contributed by atoms with E-state index < -0.39 is 0 Å². The predicted molar refractivity (Wildman–Crippen MR) is 41.1 cm³/mol. The van der Waals surface area contributed by atoms with E-state index in [0.717, 1.165) is 12.8 Å². The molecule has 0 bridgehead atoms. The van der Waals surface area contributed by atoms with E-state index in [1.54, 1.807) is 0 Å². The van der Waals surface area contributed by atoms with Gasteiger partial charge in [0.25, 0.3) is 0 Å². The first-order valence-electron chi connectivity index (χ1n) is 2.85. The summed E-state index contributed by atoms with van der Waals surface area (Å²) in [6.45, 7) is 4.16. The van der Waals surface area contributed by atoms with Crippen LogP contribution in [-0.4, -0.2) is 4.32 Å². The maximum absolute atomic E-state index is 5.23. The minimum absolute atomic E-state index is 0.0347. The van der Waals surface area contributed by atoms with E-state index in [4.69, 9.17) is 6.42 Å². The Morgan fingerprint density at radius 3 is 1.88 bits per heavy atom. The van der Waals surface area contributed by atoms with Gasteiger partial charge in [-0.1, -0.05) is 35.7 Å². The summed E-state index contributed by atoms with van der Waals surface area (Å²) in [6, 6.07) is 0. The van der Waals surface area contributed by atoms with E-state index >= 15 is 0 Å². The molecular formula is C7H11Br. The molecule has 0 unspecified atom stereocenters. The first kappa shape index (κ1) is 8.04. The Hall–Kier alpha value is 0.0400. The number of hydrogen-bond acceptors (Lipinski definition) is 0. The van der Waals surface area contributed by atoms with E-state index in [2.05, 4.69) is 35.7 Å². The highest BCUT2D eigenvalue weighted by molar-refractivity contribution is 9.10. The van der Waals surface area contributed by atoms with Gasteiger partial charge in [-0.3, -0.25) is 0 Å². The second kappa shape index (κ2) is 3.14. The third-order valence-electron chi connectivity index (χ3n) is 1.38. The number of halogens is 1. The van der Waals surface area contributed by atoms with Crippen molar-refractivity contribution in [3.05, 3.63) is 0 Å². The Morgan fingerprint density at radius 1 is 1.50 bits per heavy atom. The molecule has 1 heteroatoms. The molecule has 0 aliphatic rings. The molecule has 0 saturated heterocycles. The lowest BCUT2D eigenvalue weighted by molar-refractivity contribution is 0.695. The van der Waals surface area contributed by atoms with Gasteiger partial charge in [0.05, 0.1) is 4.32 Å². The second-order valence-corrected chi connectivity index (χ2v) is 3.33. The lowest BCUT2D eigenvalue weighted by atomic mass is 10.1. The molecule has 0 N–H and O–H groups in total. The molecule has 0 aliphatic carbocycles. The van der Waals surface area contributed by atoms with Gasteiger partial charge in [0, 0.05) is 0 Å². The number of alkyl halides is 1. The fourth-order valence-corrected chi connectivity index (χ4v) is 0.454. The number of hydrogen-bond donors (Lipinski definition) is 0. The molecule has 0 atom stereocenters. The highest BCUT2D eigenvalue weighted by Gasteiger charge is 2.16. The van der Waals surface area contributed by atoms with Crippen LogP contribution in [0.2, 0.25) is 0 Å². The van der Waals surface area contributed by atoms with Gasteiger partial charge >= 0.3 is 0 Å².